The Bertz CT molecular complexity index is 720. The van der Waals surface area contributed by atoms with Crippen LogP contribution in [0.1, 0.15) is 13.3 Å². The van der Waals surface area contributed by atoms with Crippen molar-refractivity contribution in [2.75, 3.05) is 19.7 Å². The molecule has 0 fully saturated rings. The fourth-order valence-electron chi connectivity index (χ4n) is 1.77. The number of nitrogens with zero attached hydrogens (tertiary/aromatic N) is 1. The normalized spacial score (nSPS) is 12.4. The number of hydrogen-bond acceptors (Lipinski definition) is 6. The van der Waals surface area contributed by atoms with E-state index < -0.39 is 21.1 Å². The highest BCUT2D eigenvalue weighted by Crippen LogP contribution is 2.16. The van der Waals surface area contributed by atoms with E-state index in [4.69, 9.17) is 4.74 Å². The van der Waals surface area contributed by atoms with Crippen LogP contribution in [0.2, 0.25) is 0 Å². The maximum Gasteiger partial charge on any atom is 0.270 e. The van der Waals surface area contributed by atoms with Crippen molar-refractivity contribution in [3.8, 4) is 0 Å². The number of ether oxygens (including phenoxy) is 1. The lowest BCUT2D eigenvalue weighted by Gasteiger charge is -2.13. The van der Waals surface area contributed by atoms with Gasteiger partial charge in [-0.3, -0.25) is 14.9 Å². The van der Waals surface area contributed by atoms with Crippen LogP contribution in [-0.2, 0) is 19.6 Å². The molecule has 1 unspecified atom stereocenters. The highest BCUT2D eigenvalue weighted by atomic mass is 32.2. The predicted octanol–water partition coefficient (Wildman–Crippen LogP) is 0.971. The Morgan fingerprint density at radius 2 is 2.16 bits per heavy atom. The Hall–Kier alpha value is -2.30. The first-order valence-corrected chi connectivity index (χ1v) is 9.00. The molecule has 138 valence electrons. The number of amides is 1. The quantitative estimate of drug-likeness (QED) is 0.258. The summed E-state index contributed by atoms with van der Waals surface area (Å²) in [4.78, 5) is 21.5. The second kappa shape index (κ2) is 9.87. The van der Waals surface area contributed by atoms with Gasteiger partial charge in [0.1, 0.15) is 6.10 Å². The summed E-state index contributed by atoms with van der Waals surface area (Å²) < 4.78 is 31.7. The van der Waals surface area contributed by atoms with Crippen LogP contribution in [0.3, 0.4) is 0 Å². The summed E-state index contributed by atoms with van der Waals surface area (Å²) in [5.74, 6) is -0.362. The molecule has 0 saturated heterocycles. The second-order valence-corrected chi connectivity index (χ2v) is 6.80. The first-order chi connectivity index (χ1) is 11.8. The maximum atomic E-state index is 12.1. The van der Waals surface area contributed by atoms with Crippen LogP contribution < -0.4 is 10.0 Å². The number of nitrogens with one attached hydrogen (secondary N) is 2. The van der Waals surface area contributed by atoms with Crippen LogP contribution in [0.4, 0.5) is 5.69 Å². The van der Waals surface area contributed by atoms with E-state index in [9.17, 15) is 23.3 Å². The molecular weight excluding hydrogens is 350 g/mol. The van der Waals surface area contributed by atoms with E-state index in [1.165, 1.54) is 18.2 Å². The molecule has 25 heavy (non-hydrogen) atoms. The monoisotopic (exact) mass is 371 g/mol. The van der Waals surface area contributed by atoms with Crippen LogP contribution in [0.25, 0.3) is 0 Å². The van der Waals surface area contributed by atoms with Crippen LogP contribution in [-0.4, -0.2) is 45.0 Å². The van der Waals surface area contributed by atoms with Gasteiger partial charge in [0, 0.05) is 25.2 Å². The lowest BCUT2D eigenvalue weighted by atomic mass is 10.3. The molecule has 0 aliphatic carbocycles. The summed E-state index contributed by atoms with van der Waals surface area (Å²) in [6.45, 7) is 5.50. The molecule has 0 aliphatic rings. The molecule has 0 bridgehead atoms. The lowest BCUT2D eigenvalue weighted by Crippen LogP contribution is -2.39. The van der Waals surface area contributed by atoms with Gasteiger partial charge in [0.25, 0.3) is 5.69 Å². The van der Waals surface area contributed by atoms with Gasteiger partial charge in [-0.05, 0) is 19.4 Å². The van der Waals surface area contributed by atoms with Gasteiger partial charge in [0.05, 0.1) is 16.4 Å². The van der Waals surface area contributed by atoms with Crippen molar-refractivity contribution in [2.24, 2.45) is 0 Å². The average Bonchev–Trinajstić information content (AvgIpc) is 2.58. The third kappa shape index (κ3) is 6.99. The summed E-state index contributed by atoms with van der Waals surface area (Å²) >= 11 is 0. The molecule has 9 nitrogen and oxygen atoms in total. The number of rotatable bonds is 11. The van der Waals surface area contributed by atoms with E-state index in [1.54, 1.807) is 13.0 Å². The van der Waals surface area contributed by atoms with E-state index in [1.807, 2.05) is 0 Å². The van der Waals surface area contributed by atoms with E-state index in [2.05, 4.69) is 16.6 Å². The first-order valence-electron chi connectivity index (χ1n) is 7.52. The Balaban J connectivity index is 2.47. The summed E-state index contributed by atoms with van der Waals surface area (Å²) in [5.41, 5.74) is -0.318. The van der Waals surface area contributed by atoms with Crippen molar-refractivity contribution in [1.82, 2.24) is 10.0 Å². The maximum absolute atomic E-state index is 12.1. The van der Waals surface area contributed by atoms with Crippen molar-refractivity contribution in [3.05, 3.63) is 47.0 Å². The molecular formula is C15H21N3O6S. The van der Waals surface area contributed by atoms with E-state index in [0.29, 0.717) is 13.0 Å². The number of nitro benzene ring substituents is 1. The van der Waals surface area contributed by atoms with Gasteiger partial charge >= 0.3 is 0 Å². The number of carbonyl (C=O) groups is 1. The van der Waals surface area contributed by atoms with Crippen LogP contribution in [0.15, 0.2) is 41.8 Å². The van der Waals surface area contributed by atoms with Gasteiger partial charge in [0.15, 0.2) is 0 Å². The molecule has 1 aromatic rings. The van der Waals surface area contributed by atoms with Gasteiger partial charge in [-0.2, -0.15) is 0 Å². The number of hydrogen-bond donors (Lipinski definition) is 2. The molecule has 1 atom stereocenters. The molecule has 1 rings (SSSR count). The minimum atomic E-state index is -3.90. The molecule has 0 spiro atoms. The number of carbonyl (C=O) groups excluding carboxylic acids is 1. The number of benzene rings is 1. The molecule has 0 aliphatic heterocycles. The van der Waals surface area contributed by atoms with Crippen LogP contribution in [0, 0.1) is 10.1 Å². The van der Waals surface area contributed by atoms with E-state index in [-0.39, 0.29) is 29.6 Å². The van der Waals surface area contributed by atoms with Crippen molar-refractivity contribution < 1.29 is 22.9 Å². The Labute approximate surface area is 146 Å². The molecule has 10 heteroatoms. The first kappa shape index (κ1) is 20.7. The number of nitro groups is 1. The van der Waals surface area contributed by atoms with Crippen molar-refractivity contribution in [1.29, 1.82) is 0 Å². The fraction of sp³-hybridized carbons (Fsp3) is 0.400. The summed E-state index contributed by atoms with van der Waals surface area (Å²) in [5, 5.41) is 13.2. The topological polar surface area (TPSA) is 128 Å². The minimum absolute atomic E-state index is 0.0577. The average molecular weight is 371 g/mol. The van der Waals surface area contributed by atoms with Gasteiger partial charge in [0.2, 0.25) is 15.9 Å². The van der Waals surface area contributed by atoms with Crippen molar-refractivity contribution in [3.63, 3.8) is 0 Å². The SMILES string of the molecule is C=CCCOC(C)C(=O)NCCNS(=O)(=O)c1cccc([N+](=O)[O-])c1. The number of sulfonamides is 1. The zero-order chi connectivity index (χ0) is 18.9. The molecule has 0 saturated carbocycles. The Kier molecular flexibility index (Phi) is 8.19. The standard InChI is InChI=1S/C15H21N3O6S/c1-3-4-10-24-12(2)15(19)16-8-9-17-25(22,23)14-7-5-6-13(11-14)18(20)21/h3,5-7,11-12,17H,1,4,8-10H2,2H3,(H,16,19). The van der Waals surface area contributed by atoms with Gasteiger partial charge in [-0.15, -0.1) is 6.58 Å². The molecule has 0 heterocycles. The van der Waals surface area contributed by atoms with Gasteiger partial charge in [-0.25, -0.2) is 13.1 Å². The number of non-ortho nitro benzene ring substituents is 1. The molecule has 1 aromatic carbocycles. The molecule has 2 N–H and O–H groups in total. The molecule has 1 amide bonds. The third-order valence-corrected chi connectivity index (χ3v) is 4.57. The lowest BCUT2D eigenvalue weighted by molar-refractivity contribution is -0.385. The van der Waals surface area contributed by atoms with Crippen molar-refractivity contribution >= 4 is 21.6 Å². The summed E-state index contributed by atoms with van der Waals surface area (Å²) in [6.07, 6.45) is 1.64. The zero-order valence-corrected chi connectivity index (χ0v) is 14.6. The predicted molar refractivity (Wildman–Crippen MR) is 91.5 cm³/mol. The molecule has 0 radical (unpaired) electrons. The zero-order valence-electron chi connectivity index (χ0n) is 13.8. The largest absolute Gasteiger partial charge is 0.368 e. The highest BCUT2D eigenvalue weighted by Gasteiger charge is 2.17. The van der Waals surface area contributed by atoms with Crippen LogP contribution >= 0.6 is 0 Å². The molecule has 0 aromatic heterocycles. The highest BCUT2D eigenvalue weighted by molar-refractivity contribution is 7.89. The second-order valence-electron chi connectivity index (χ2n) is 5.03. The van der Waals surface area contributed by atoms with Gasteiger partial charge < -0.3 is 10.1 Å². The minimum Gasteiger partial charge on any atom is -0.368 e. The smallest absolute Gasteiger partial charge is 0.270 e. The Morgan fingerprint density at radius 1 is 1.44 bits per heavy atom. The Morgan fingerprint density at radius 3 is 2.80 bits per heavy atom. The summed E-state index contributed by atoms with van der Waals surface area (Å²) in [6, 6.07) is 4.71. The third-order valence-electron chi connectivity index (χ3n) is 3.11. The van der Waals surface area contributed by atoms with Crippen molar-refractivity contribution in [2.45, 2.75) is 24.3 Å². The fourth-order valence-corrected chi connectivity index (χ4v) is 2.84. The van der Waals surface area contributed by atoms with Crippen LogP contribution in [0.5, 0.6) is 0 Å². The van der Waals surface area contributed by atoms with E-state index >= 15 is 0 Å². The van der Waals surface area contributed by atoms with Gasteiger partial charge in [-0.1, -0.05) is 12.1 Å². The van der Waals surface area contributed by atoms with E-state index in [0.717, 1.165) is 6.07 Å². The summed E-state index contributed by atoms with van der Waals surface area (Å²) in [7, 11) is -3.90.